The van der Waals surface area contributed by atoms with Gasteiger partial charge in [0.1, 0.15) is 0 Å². The van der Waals surface area contributed by atoms with E-state index in [1.165, 1.54) is 12.8 Å². The van der Waals surface area contributed by atoms with Crippen LogP contribution in [0.3, 0.4) is 0 Å². The zero-order valence-electron chi connectivity index (χ0n) is 10.7. The number of hydrogen-bond acceptors (Lipinski definition) is 4. The van der Waals surface area contributed by atoms with E-state index in [1.807, 2.05) is 7.05 Å². The van der Waals surface area contributed by atoms with E-state index in [1.54, 1.807) is 0 Å². The van der Waals surface area contributed by atoms with Crippen LogP contribution in [0.2, 0.25) is 0 Å². The number of aliphatic hydroxyl groups is 1. The lowest BCUT2D eigenvalue weighted by molar-refractivity contribution is 0.0531. The third kappa shape index (κ3) is 3.01. The van der Waals surface area contributed by atoms with Crippen LogP contribution in [0.5, 0.6) is 0 Å². The van der Waals surface area contributed by atoms with Gasteiger partial charge in [-0.25, -0.2) is 8.42 Å². The Morgan fingerprint density at radius 1 is 1.24 bits per heavy atom. The fourth-order valence-electron chi connectivity index (χ4n) is 3.24. The Balaban J connectivity index is 2.02. The van der Waals surface area contributed by atoms with Crippen LogP contribution in [0.25, 0.3) is 0 Å². The van der Waals surface area contributed by atoms with Crippen LogP contribution < -0.4 is 0 Å². The molecule has 0 bridgehead atoms. The van der Waals surface area contributed by atoms with Crippen molar-refractivity contribution in [3.63, 3.8) is 0 Å². The number of sulfone groups is 1. The SMILES string of the molecule is CC1CCCC(N(C)C2CS(=O)(=O)CC2O)C1. The lowest BCUT2D eigenvalue weighted by Crippen LogP contribution is -2.47. The first kappa shape index (κ1) is 13.3. The highest BCUT2D eigenvalue weighted by molar-refractivity contribution is 7.91. The third-order valence-corrected chi connectivity index (χ3v) is 6.00. The van der Waals surface area contributed by atoms with Crippen molar-refractivity contribution in [3.8, 4) is 0 Å². The molecule has 0 aromatic rings. The van der Waals surface area contributed by atoms with Gasteiger partial charge in [-0.2, -0.15) is 0 Å². The van der Waals surface area contributed by atoms with Gasteiger partial charge in [-0.15, -0.1) is 0 Å². The fraction of sp³-hybridized carbons (Fsp3) is 1.00. The summed E-state index contributed by atoms with van der Waals surface area (Å²) in [5.41, 5.74) is 0. The van der Waals surface area contributed by atoms with Gasteiger partial charge < -0.3 is 5.11 Å². The Hall–Kier alpha value is -0.130. The molecular weight excluding hydrogens is 238 g/mol. The predicted molar refractivity (Wildman–Crippen MR) is 67.6 cm³/mol. The van der Waals surface area contributed by atoms with Gasteiger partial charge in [-0.1, -0.05) is 19.8 Å². The second-order valence-electron chi connectivity index (χ2n) is 5.80. The van der Waals surface area contributed by atoms with Gasteiger partial charge >= 0.3 is 0 Å². The lowest BCUT2D eigenvalue weighted by Gasteiger charge is -2.38. The van der Waals surface area contributed by atoms with Gasteiger partial charge in [0.25, 0.3) is 0 Å². The van der Waals surface area contributed by atoms with Crippen LogP contribution in [0, 0.1) is 5.92 Å². The minimum absolute atomic E-state index is 0.0652. The summed E-state index contributed by atoms with van der Waals surface area (Å²) in [5, 5.41) is 9.87. The summed E-state index contributed by atoms with van der Waals surface area (Å²) in [7, 11) is -1.06. The molecule has 1 aliphatic carbocycles. The van der Waals surface area contributed by atoms with Crippen molar-refractivity contribution in [2.45, 2.75) is 50.8 Å². The molecule has 1 saturated heterocycles. The van der Waals surface area contributed by atoms with Crippen molar-refractivity contribution in [1.29, 1.82) is 0 Å². The summed E-state index contributed by atoms with van der Waals surface area (Å²) in [6.07, 6.45) is 4.04. The zero-order chi connectivity index (χ0) is 12.6. The van der Waals surface area contributed by atoms with E-state index in [0.29, 0.717) is 12.0 Å². The molecule has 1 saturated carbocycles. The normalized spacial score (nSPS) is 41.9. The molecule has 0 radical (unpaired) electrons. The van der Waals surface area contributed by atoms with Gasteiger partial charge in [0.15, 0.2) is 9.84 Å². The molecule has 0 aromatic carbocycles. The minimum Gasteiger partial charge on any atom is -0.390 e. The number of hydrogen-bond donors (Lipinski definition) is 1. The first-order valence-electron chi connectivity index (χ1n) is 6.49. The average molecular weight is 261 g/mol. The van der Waals surface area contributed by atoms with E-state index in [0.717, 1.165) is 12.8 Å². The van der Waals surface area contributed by atoms with E-state index in [9.17, 15) is 13.5 Å². The second kappa shape index (κ2) is 4.86. The molecule has 5 heteroatoms. The molecule has 100 valence electrons. The van der Waals surface area contributed by atoms with Crippen molar-refractivity contribution in [2.75, 3.05) is 18.6 Å². The Kier molecular flexibility index (Phi) is 3.80. The summed E-state index contributed by atoms with van der Waals surface area (Å²) in [6, 6.07) is 0.238. The largest absolute Gasteiger partial charge is 0.390 e. The molecule has 4 unspecified atom stereocenters. The van der Waals surface area contributed by atoms with Crippen LogP contribution >= 0.6 is 0 Å². The third-order valence-electron chi connectivity index (χ3n) is 4.30. The van der Waals surface area contributed by atoms with Gasteiger partial charge in [0.2, 0.25) is 0 Å². The highest BCUT2D eigenvalue weighted by Gasteiger charge is 2.41. The Morgan fingerprint density at radius 3 is 2.47 bits per heavy atom. The quantitative estimate of drug-likeness (QED) is 0.793. The highest BCUT2D eigenvalue weighted by Crippen LogP contribution is 2.30. The Labute approximate surface area is 104 Å². The van der Waals surface area contributed by atoms with E-state index in [4.69, 9.17) is 0 Å². The standard InChI is InChI=1S/C12H23NO3S/c1-9-4-3-5-10(6-9)13(2)11-7-17(15,16)8-12(11)14/h9-12,14H,3-8H2,1-2H3. The summed E-state index contributed by atoms with van der Waals surface area (Å²) in [6.45, 7) is 2.25. The highest BCUT2D eigenvalue weighted by atomic mass is 32.2. The number of rotatable bonds is 2. The van der Waals surface area contributed by atoms with Crippen molar-refractivity contribution in [1.82, 2.24) is 4.90 Å². The monoisotopic (exact) mass is 261 g/mol. The minimum atomic E-state index is -3.03. The fourth-order valence-corrected chi connectivity index (χ4v) is 5.10. The zero-order valence-corrected chi connectivity index (χ0v) is 11.5. The van der Waals surface area contributed by atoms with E-state index in [2.05, 4.69) is 11.8 Å². The maximum Gasteiger partial charge on any atom is 0.154 e. The molecule has 2 rings (SSSR count). The van der Waals surface area contributed by atoms with Crippen LogP contribution in [0.1, 0.15) is 32.6 Å². The van der Waals surface area contributed by atoms with Crippen molar-refractivity contribution in [2.24, 2.45) is 5.92 Å². The number of likely N-dealkylation sites (N-methyl/N-ethyl adjacent to an activating group) is 1. The van der Waals surface area contributed by atoms with E-state index in [-0.39, 0.29) is 17.5 Å². The van der Waals surface area contributed by atoms with Gasteiger partial charge in [0.05, 0.1) is 23.7 Å². The summed E-state index contributed by atoms with van der Waals surface area (Å²) in [5.74, 6) is 0.770. The summed E-state index contributed by atoms with van der Waals surface area (Å²) in [4.78, 5) is 2.12. The summed E-state index contributed by atoms with van der Waals surface area (Å²) >= 11 is 0. The topological polar surface area (TPSA) is 57.6 Å². The maximum absolute atomic E-state index is 11.5. The maximum atomic E-state index is 11.5. The molecule has 2 fully saturated rings. The first-order valence-corrected chi connectivity index (χ1v) is 8.31. The van der Waals surface area contributed by atoms with E-state index < -0.39 is 15.9 Å². The first-order chi connectivity index (χ1) is 7.89. The molecule has 0 aromatic heterocycles. The Morgan fingerprint density at radius 2 is 1.94 bits per heavy atom. The lowest BCUT2D eigenvalue weighted by atomic mass is 9.86. The molecule has 0 spiro atoms. The van der Waals surface area contributed by atoms with Crippen LogP contribution in [-0.4, -0.2) is 55.2 Å². The van der Waals surface area contributed by atoms with Crippen LogP contribution in [-0.2, 0) is 9.84 Å². The number of nitrogens with zero attached hydrogens (tertiary/aromatic N) is 1. The molecular formula is C12H23NO3S. The molecule has 4 atom stereocenters. The predicted octanol–water partition coefficient (Wildman–Crippen LogP) is 0.655. The molecule has 2 aliphatic rings. The van der Waals surface area contributed by atoms with Gasteiger partial charge in [-0.05, 0) is 25.8 Å². The molecule has 1 N–H and O–H groups in total. The van der Waals surface area contributed by atoms with Gasteiger partial charge in [0, 0.05) is 6.04 Å². The van der Waals surface area contributed by atoms with Crippen molar-refractivity contribution < 1.29 is 13.5 Å². The average Bonchev–Trinajstić information content (AvgIpc) is 2.51. The van der Waals surface area contributed by atoms with Crippen LogP contribution in [0.15, 0.2) is 0 Å². The summed E-state index contributed by atoms with van der Waals surface area (Å²) < 4.78 is 23.0. The molecule has 17 heavy (non-hydrogen) atoms. The van der Waals surface area contributed by atoms with E-state index >= 15 is 0 Å². The smallest absolute Gasteiger partial charge is 0.154 e. The van der Waals surface area contributed by atoms with Crippen molar-refractivity contribution >= 4 is 9.84 Å². The molecule has 1 heterocycles. The number of aliphatic hydroxyl groups excluding tert-OH is 1. The van der Waals surface area contributed by atoms with Crippen LogP contribution in [0.4, 0.5) is 0 Å². The molecule has 0 amide bonds. The Bertz CT molecular complexity index is 368. The van der Waals surface area contributed by atoms with Crippen molar-refractivity contribution in [3.05, 3.63) is 0 Å². The molecule has 4 nitrogen and oxygen atoms in total. The molecule has 1 aliphatic heterocycles. The van der Waals surface area contributed by atoms with Gasteiger partial charge in [-0.3, -0.25) is 4.90 Å². The second-order valence-corrected chi connectivity index (χ2v) is 7.96.